The van der Waals surface area contributed by atoms with Crippen molar-refractivity contribution in [3.63, 3.8) is 0 Å². The topological polar surface area (TPSA) is 16.1 Å². The van der Waals surface area contributed by atoms with Crippen LogP contribution in [0.15, 0.2) is 0 Å². The lowest BCUT2D eigenvalue weighted by Gasteiger charge is -2.28. The van der Waals surface area contributed by atoms with E-state index in [0.29, 0.717) is 5.92 Å². The van der Waals surface area contributed by atoms with Crippen LogP contribution in [-0.4, -0.2) is 35.8 Å². The van der Waals surface area contributed by atoms with Crippen molar-refractivity contribution in [1.82, 2.24) is 9.88 Å². The number of thiazole rings is 1. The van der Waals surface area contributed by atoms with Gasteiger partial charge in [0.1, 0.15) is 0 Å². The molecule has 2 nitrogen and oxygen atoms in total. The number of nitrogens with zero attached hydrogens (tertiary/aromatic N) is 2. The van der Waals surface area contributed by atoms with Crippen LogP contribution in [0.25, 0.3) is 0 Å². The van der Waals surface area contributed by atoms with Crippen LogP contribution in [0, 0.1) is 6.92 Å². The number of thiol groups is 1. The highest BCUT2D eigenvalue weighted by Gasteiger charge is 2.22. The Bertz CT molecular complexity index is 349. The Kier molecular flexibility index (Phi) is 4.27. The molecule has 1 aromatic rings. The van der Waals surface area contributed by atoms with E-state index < -0.39 is 0 Å². The number of rotatable bonds is 3. The van der Waals surface area contributed by atoms with E-state index in [1.165, 1.54) is 41.5 Å². The van der Waals surface area contributed by atoms with E-state index >= 15 is 0 Å². The van der Waals surface area contributed by atoms with E-state index in [0.717, 1.165) is 12.2 Å². The summed E-state index contributed by atoms with van der Waals surface area (Å²) in [7, 11) is 2.21. The molecular weight excluding hydrogens is 236 g/mol. The van der Waals surface area contributed by atoms with Crippen LogP contribution in [0.4, 0.5) is 0 Å². The molecule has 2 rings (SSSR count). The highest BCUT2D eigenvalue weighted by atomic mass is 32.1. The molecule has 0 radical (unpaired) electrons. The van der Waals surface area contributed by atoms with Gasteiger partial charge in [-0.05, 0) is 45.5 Å². The van der Waals surface area contributed by atoms with E-state index in [1.54, 1.807) is 0 Å². The van der Waals surface area contributed by atoms with Crippen LogP contribution >= 0.6 is 24.0 Å². The first-order chi connectivity index (χ1) is 7.70. The van der Waals surface area contributed by atoms with Crippen molar-refractivity contribution >= 4 is 24.0 Å². The van der Waals surface area contributed by atoms with Gasteiger partial charge in [-0.25, -0.2) is 4.98 Å². The lowest BCUT2D eigenvalue weighted by Crippen LogP contribution is -2.30. The Morgan fingerprint density at radius 2 is 2.38 bits per heavy atom. The van der Waals surface area contributed by atoms with Crippen LogP contribution < -0.4 is 0 Å². The quantitative estimate of drug-likeness (QED) is 0.837. The van der Waals surface area contributed by atoms with Crippen LogP contribution in [0.3, 0.4) is 0 Å². The van der Waals surface area contributed by atoms with Crippen LogP contribution in [0.2, 0.25) is 0 Å². The monoisotopic (exact) mass is 256 g/mol. The number of likely N-dealkylation sites (tertiary alicyclic amines) is 1. The molecule has 1 aliphatic rings. The predicted molar refractivity (Wildman–Crippen MR) is 73.9 cm³/mol. The summed E-state index contributed by atoms with van der Waals surface area (Å²) >= 11 is 6.21. The number of aromatic nitrogens is 1. The Morgan fingerprint density at radius 3 is 3.06 bits per heavy atom. The molecule has 0 spiro atoms. The van der Waals surface area contributed by atoms with Crippen LogP contribution in [-0.2, 0) is 6.42 Å². The summed E-state index contributed by atoms with van der Waals surface area (Å²) in [6.07, 6.45) is 3.68. The molecule has 0 aromatic carbocycles. The number of hydrogen-bond acceptors (Lipinski definition) is 4. The molecule has 1 fully saturated rings. The molecular formula is C12H20N2S2. The molecule has 1 aromatic heterocycles. The van der Waals surface area contributed by atoms with Gasteiger partial charge < -0.3 is 4.90 Å². The minimum Gasteiger partial charge on any atom is -0.306 e. The first-order valence-electron chi connectivity index (χ1n) is 5.96. The fourth-order valence-electron chi connectivity index (χ4n) is 2.33. The lowest BCUT2D eigenvalue weighted by molar-refractivity contribution is 0.250. The van der Waals surface area contributed by atoms with Crippen LogP contribution in [0.1, 0.15) is 34.3 Å². The average Bonchev–Trinajstić information content (AvgIpc) is 2.61. The minimum atomic E-state index is 0.663. The van der Waals surface area contributed by atoms with Crippen molar-refractivity contribution in [3.05, 3.63) is 15.6 Å². The minimum absolute atomic E-state index is 0.663. The summed E-state index contributed by atoms with van der Waals surface area (Å²) in [4.78, 5) is 8.59. The van der Waals surface area contributed by atoms with Gasteiger partial charge in [0, 0.05) is 17.3 Å². The zero-order valence-corrected chi connectivity index (χ0v) is 11.8. The molecule has 1 atom stereocenters. The second-order valence-corrected chi connectivity index (χ2v) is 6.20. The SMILES string of the molecule is Cc1nc(C2CCCN(C)C2)sc1CCS. The molecule has 16 heavy (non-hydrogen) atoms. The third-order valence-corrected chi connectivity index (χ3v) is 4.83. The molecule has 0 amide bonds. The van der Waals surface area contributed by atoms with Gasteiger partial charge in [-0.2, -0.15) is 12.6 Å². The predicted octanol–water partition coefficient (Wildman–Crippen LogP) is 2.73. The molecule has 90 valence electrons. The van der Waals surface area contributed by atoms with E-state index in [9.17, 15) is 0 Å². The Balaban J connectivity index is 2.10. The van der Waals surface area contributed by atoms with Gasteiger partial charge in [0.2, 0.25) is 0 Å². The molecule has 0 saturated carbocycles. The number of piperidine rings is 1. The lowest BCUT2D eigenvalue weighted by atomic mass is 9.99. The maximum atomic E-state index is 4.75. The van der Waals surface area contributed by atoms with E-state index in [2.05, 4.69) is 31.5 Å². The highest BCUT2D eigenvalue weighted by molar-refractivity contribution is 7.80. The molecule has 2 heterocycles. The molecule has 0 aliphatic carbocycles. The van der Waals surface area contributed by atoms with Crippen molar-refractivity contribution < 1.29 is 0 Å². The van der Waals surface area contributed by atoms with Crippen molar-refractivity contribution in [2.24, 2.45) is 0 Å². The second kappa shape index (κ2) is 5.52. The number of hydrogen-bond donors (Lipinski definition) is 1. The maximum Gasteiger partial charge on any atom is 0.0974 e. The van der Waals surface area contributed by atoms with E-state index in [1.807, 2.05) is 11.3 Å². The van der Waals surface area contributed by atoms with Gasteiger partial charge in [-0.15, -0.1) is 11.3 Å². The first-order valence-corrected chi connectivity index (χ1v) is 7.41. The fraction of sp³-hybridized carbons (Fsp3) is 0.750. The first kappa shape index (κ1) is 12.4. The molecule has 1 saturated heterocycles. The van der Waals surface area contributed by atoms with Gasteiger partial charge in [-0.3, -0.25) is 0 Å². The highest BCUT2D eigenvalue weighted by Crippen LogP contribution is 2.31. The molecule has 0 bridgehead atoms. The molecule has 1 unspecified atom stereocenters. The van der Waals surface area contributed by atoms with Gasteiger partial charge in [0.25, 0.3) is 0 Å². The third kappa shape index (κ3) is 2.79. The van der Waals surface area contributed by atoms with Crippen molar-refractivity contribution in [2.75, 3.05) is 25.9 Å². The number of aryl methyl sites for hydroxylation is 2. The summed E-state index contributed by atoms with van der Waals surface area (Å²) in [6.45, 7) is 4.54. The van der Waals surface area contributed by atoms with Gasteiger partial charge >= 0.3 is 0 Å². The zero-order valence-electron chi connectivity index (χ0n) is 10.1. The average molecular weight is 256 g/mol. The summed E-state index contributed by atoms with van der Waals surface area (Å²) in [6, 6.07) is 0. The van der Waals surface area contributed by atoms with Crippen LogP contribution in [0.5, 0.6) is 0 Å². The largest absolute Gasteiger partial charge is 0.306 e. The van der Waals surface area contributed by atoms with Crippen molar-refractivity contribution in [2.45, 2.75) is 32.1 Å². The Labute approximate surface area is 107 Å². The van der Waals surface area contributed by atoms with E-state index in [4.69, 9.17) is 4.98 Å². The van der Waals surface area contributed by atoms with Gasteiger partial charge in [-0.1, -0.05) is 0 Å². The van der Waals surface area contributed by atoms with Gasteiger partial charge in [0.05, 0.1) is 10.7 Å². The van der Waals surface area contributed by atoms with E-state index in [-0.39, 0.29) is 0 Å². The normalized spacial score (nSPS) is 22.6. The zero-order chi connectivity index (χ0) is 11.5. The van der Waals surface area contributed by atoms with Crippen molar-refractivity contribution in [3.8, 4) is 0 Å². The maximum absolute atomic E-state index is 4.75. The molecule has 0 N–H and O–H groups in total. The molecule has 1 aliphatic heterocycles. The number of likely N-dealkylation sites (N-methyl/N-ethyl adjacent to an activating group) is 1. The smallest absolute Gasteiger partial charge is 0.0974 e. The van der Waals surface area contributed by atoms with Gasteiger partial charge in [0.15, 0.2) is 0 Å². The summed E-state index contributed by atoms with van der Waals surface area (Å²) in [5.41, 5.74) is 1.22. The standard InChI is InChI=1S/C12H20N2S2/c1-9-11(5-7-15)16-12(13-9)10-4-3-6-14(2)8-10/h10,15H,3-8H2,1-2H3. The third-order valence-electron chi connectivity index (χ3n) is 3.22. The Morgan fingerprint density at radius 1 is 1.56 bits per heavy atom. The Hall–Kier alpha value is -0.0600. The summed E-state index contributed by atoms with van der Waals surface area (Å²) in [5.74, 6) is 1.59. The van der Waals surface area contributed by atoms with Crippen molar-refractivity contribution in [1.29, 1.82) is 0 Å². The second-order valence-electron chi connectivity index (χ2n) is 4.64. The summed E-state index contributed by atoms with van der Waals surface area (Å²) < 4.78 is 0. The summed E-state index contributed by atoms with van der Waals surface area (Å²) in [5, 5.41) is 1.35. The molecule has 4 heteroatoms. The fourth-order valence-corrected chi connectivity index (χ4v) is 3.89.